The second-order valence-electron chi connectivity index (χ2n) is 7.82. The molecule has 2 aromatic carbocycles. The van der Waals surface area contributed by atoms with Gasteiger partial charge in [-0.25, -0.2) is 0 Å². The molecule has 2 fully saturated rings. The summed E-state index contributed by atoms with van der Waals surface area (Å²) in [5, 5.41) is 7.04. The quantitative estimate of drug-likeness (QED) is 0.603. The van der Waals surface area contributed by atoms with Crippen molar-refractivity contribution in [2.75, 3.05) is 13.7 Å². The van der Waals surface area contributed by atoms with Gasteiger partial charge in [-0.05, 0) is 66.1 Å². The Hall–Kier alpha value is -1.84. The van der Waals surface area contributed by atoms with Crippen LogP contribution in [0.3, 0.4) is 0 Å². The van der Waals surface area contributed by atoms with Crippen molar-refractivity contribution < 1.29 is 4.74 Å². The Balaban J connectivity index is 1.43. The summed E-state index contributed by atoms with van der Waals surface area (Å²) in [5.74, 6) is 2.21. The van der Waals surface area contributed by atoms with E-state index in [-0.39, 0.29) is 0 Å². The molecule has 26 heavy (non-hydrogen) atoms. The zero-order chi connectivity index (χ0) is 17.5. The lowest BCUT2D eigenvalue weighted by molar-refractivity contribution is 0.0671. The van der Waals surface area contributed by atoms with Gasteiger partial charge in [0.1, 0.15) is 5.75 Å². The van der Waals surface area contributed by atoms with Gasteiger partial charge < -0.3 is 9.64 Å². The van der Waals surface area contributed by atoms with Crippen molar-refractivity contribution in [2.24, 2.45) is 5.92 Å². The number of piperidine rings is 1. The molecule has 5 rings (SSSR count). The predicted octanol–water partition coefficient (Wildman–Crippen LogP) is 5.55. The molecule has 0 N–H and O–H groups in total. The van der Waals surface area contributed by atoms with E-state index in [1.807, 2.05) is 11.3 Å². The third-order valence-electron chi connectivity index (χ3n) is 6.58. The fourth-order valence-corrected chi connectivity index (χ4v) is 5.91. The van der Waals surface area contributed by atoms with Crippen LogP contribution in [-0.4, -0.2) is 30.6 Å². The van der Waals surface area contributed by atoms with E-state index in [1.165, 1.54) is 35.6 Å². The fourth-order valence-electron chi connectivity index (χ4n) is 5.18. The van der Waals surface area contributed by atoms with Gasteiger partial charge in [0.15, 0.2) is 0 Å². The maximum Gasteiger partial charge on any atom is 0.127 e. The summed E-state index contributed by atoms with van der Waals surface area (Å²) in [7, 11) is 2.32. The Morgan fingerprint density at radius 3 is 2.85 bits per heavy atom. The van der Waals surface area contributed by atoms with Gasteiger partial charge in [0, 0.05) is 23.4 Å². The zero-order valence-electron chi connectivity index (χ0n) is 15.2. The van der Waals surface area contributed by atoms with Crippen molar-refractivity contribution in [2.45, 2.75) is 37.3 Å². The SMILES string of the molecule is CN1C2CCC1[C@H](COc1cccc3ccccc13)[C@@H](c1ccsc1)C2. The van der Waals surface area contributed by atoms with Crippen molar-refractivity contribution in [1.82, 2.24) is 4.90 Å². The normalized spacial score (nSPS) is 28.5. The third-order valence-corrected chi connectivity index (χ3v) is 7.29. The summed E-state index contributed by atoms with van der Waals surface area (Å²) in [4.78, 5) is 2.62. The highest BCUT2D eigenvalue weighted by molar-refractivity contribution is 7.08. The van der Waals surface area contributed by atoms with Crippen LogP contribution in [0, 0.1) is 5.92 Å². The number of benzene rings is 2. The van der Waals surface area contributed by atoms with Gasteiger partial charge in [0.2, 0.25) is 0 Å². The molecule has 3 heterocycles. The minimum absolute atomic E-state index is 0.562. The zero-order valence-corrected chi connectivity index (χ0v) is 16.0. The fraction of sp³-hybridized carbons (Fsp3) is 0.391. The Morgan fingerprint density at radius 2 is 1.96 bits per heavy atom. The number of fused-ring (bicyclic) bond motifs is 3. The first-order chi connectivity index (χ1) is 12.8. The first-order valence-electron chi connectivity index (χ1n) is 9.66. The molecule has 2 bridgehead atoms. The summed E-state index contributed by atoms with van der Waals surface area (Å²) in [5.41, 5.74) is 1.52. The molecule has 0 aliphatic carbocycles. The molecular formula is C23H25NOS. The van der Waals surface area contributed by atoms with E-state index < -0.39 is 0 Å². The van der Waals surface area contributed by atoms with Crippen LogP contribution in [-0.2, 0) is 0 Å². The highest BCUT2D eigenvalue weighted by atomic mass is 32.1. The molecule has 2 unspecified atom stereocenters. The first-order valence-corrected chi connectivity index (χ1v) is 10.6. The number of thiophene rings is 1. The second-order valence-corrected chi connectivity index (χ2v) is 8.60. The van der Waals surface area contributed by atoms with E-state index in [0.717, 1.165) is 18.4 Å². The van der Waals surface area contributed by atoms with Crippen LogP contribution in [0.5, 0.6) is 5.75 Å². The Morgan fingerprint density at radius 1 is 1.08 bits per heavy atom. The van der Waals surface area contributed by atoms with E-state index in [1.54, 1.807) is 0 Å². The first kappa shape index (κ1) is 16.3. The monoisotopic (exact) mass is 363 g/mol. The topological polar surface area (TPSA) is 12.5 Å². The van der Waals surface area contributed by atoms with Crippen LogP contribution >= 0.6 is 11.3 Å². The summed E-state index contributed by atoms with van der Waals surface area (Å²) in [6, 6.07) is 18.6. The minimum atomic E-state index is 0.562. The molecule has 1 aromatic heterocycles. The molecule has 2 aliphatic heterocycles. The van der Waals surface area contributed by atoms with Crippen LogP contribution in [0.15, 0.2) is 59.3 Å². The molecule has 4 atom stereocenters. The lowest BCUT2D eigenvalue weighted by Crippen LogP contribution is -2.47. The molecule has 3 heteroatoms. The Bertz CT molecular complexity index is 885. The molecule has 2 nitrogen and oxygen atoms in total. The lowest BCUT2D eigenvalue weighted by atomic mass is 9.77. The maximum atomic E-state index is 6.46. The van der Waals surface area contributed by atoms with Crippen LogP contribution < -0.4 is 4.74 Å². The van der Waals surface area contributed by atoms with Gasteiger partial charge >= 0.3 is 0 Å². The number of nitrogens with zero attached hydrogens (tertiary/aromatic N) is 1. The van der Waals surface area contributed by atoms with Crippen molar-refractivity contribution >= 4 is 22.1 Å². The second kappa shape index (κ2) is 6.71. The number of hydrogen-bond donors (Lipinski definition) is 0. The van der Waals surface area contributed by atoms with Crippen molar-refractivity contribution in [3.63, 3.8) is 0 Å². The van der Waals surface area contributed by atoms with Crippen molar-refractivity contribution in [3.8, 4) is 5.75 Å². The predicted molar refractivity (Wildman–Crippen MR) is 109 cm³/mol. The largest absolute Gasteiger partial charge is 0.493 e. The molecule has 0 saturated carbocycles. The van der Waals surface area contributed by atoms with Gasteiger partial charge in [0.05, 0.1) is 6.61 Å². The Labute approximate surface area is 159 Å². The highest BCUT2D eigenvalue weighted by Crippen LogP contribution is 2.46. The molecule has 0 spiro atoms. The van der Waals surface area contributed by atoms with Crippen LogP contribution in [0.25, 0.3) is 10.8 Å². The van der Waals surface area contributed by atoms with Gasteiger partial charge in [-0.15, -0.1) is 0 Å². The molecule has 2 saturated heterocycles. The van der Waals surface area contributed by atoms with Crippen molar-refractivity contribution in [3.05, 3.63) is 64.9 Å². The highest BCUT2D eigenvalue weighted by Gasteiger charge is 2.46. The maximum absolute atomic E-state index is 6.46. The van der Waals surface area contributed by atoms with Crippen molar-refractivity contribution in [1.29, 1.82) is 0 Å². The molecule has 0 radical (unpaired) electrons. The van der Waals surface area contributed by atoms with Gasteiger partial charge in [-0.2, -0.15) is 11.3 Å². The minimum Gasteiger partial charge on any atom is -0.493 e. The lowest BCUT2D eigenvalue weighted by Gasteiger charge is -2.42. The molecule has 134 valence electrons. The number of hydrogen-bond acceptors (Lipinski definition) is 3. The number of ether oxygens (including phenoxy) is 1. The summed E-state index contributed by atoms with van der Waals surface area (Å²) in [6.07, 6.45) is 3.92. The van der Waals surface area contributed by atoms with Crippen LogP contribution in [0.2, 0.25) is 0 Å². The average molecular weight is 364 g/mol. The Kier molecular flexibility index (Phi) is 4.22. The van der Waals surface area contributed by atoms with E-state index in [4.69, 9.17) is 4.74 Å². The van der Waals surface area contributed by atoms with E-state index in [2.05, 4.69) is 71.2 Å². The van der Waals surface area contributed by atoms with Crippen LogP contribution in [0.1, 0.15) is 30.7 Å². The van der Waals surface area contributed by atoms with Crippen LogP contribution in [0.4, 0.5) is 0 Å². The summed E-state index contributed by atoms with van der Waals surface area (Å²) in [6.45, 7) is 0.802. The molecular weight excluding hydrogens is 338 g/mol. The van der Waals surface area contributed by atoms with Gasteiger partial charge in [-0.3, -0.25) is 0 Å². The third kappa shape index (κ3) is 2.74. The van der Waals surface area contributed by atoms with Gasteiger partial charge in [-0.1, -0.05) is 36.4 Å². The average Bonchev–Trinajstić information content (AvgIpc) is 3.28. The summed E-state index contributed by atoms with van der Waals surface area (Å²) < 4.78 is 6.46. The molecule has 0 amide bonds. The molecule has 2 aliphatic rings. The van der Waals surface area contributed by atoms with E-state index in [0.29, 0.717) is 17.9 Å². The van der Waals surface area contributed by atoms with E-state index >= 15 is 0 Å². The standard InChI is InChI=1S/C23H25NOS/c1-24-18-9-10-22(24)21(20(13-18)17-11-12-26-15-17)14-25-23-8-4-6-16-5-2-3-7-19(16)23/h2-8,11-12,15,18,20-22H,9-10,13-14H2,1H3/t18?,20-,21-,22?/m1/s1. The molecule has 3 aromatic rings. The smallest absolute Gasteiger partial charge is 0.127 e. The van der Waals surface area contributed by atoms with Gasteiger partial charge in [0.25, 0.3) is 0 Å². The number of rotatable bonds is 4. The van der Waals surface area contributed by atoms with E-state index in [9.17, 15) is 0 Å². The summed E-state index contributed by atoms with van der Waals surface area (Å²) >= 11 is 1.82.